The maximum absolute atomic E-state index is 13.4. The van der Waals surface area contributed by atoms with Crippen LogP contribution in [0.15, 0.2) is 18.3 Å². The Kier molecular flexibility index (Phi) is 4.97. The summed E-state index contributed by atoms with van der Waals surface area (Å²) in [6.45, 7) is 10.5. The molecule has 0 aliphatic carbocycles. The van der Waals surface area contributed by atoms with Crippen molar-refractivity contribution in [1.29, 1.82) is 0 Å². The number of amides is 1. The molecule has 28 heavy (non-hydrogen) atoms. The summed E-state index contributed by atoms with van der Waals surface area (Å²) in [4.78, 5) is 22.7. The smallest absolute Gasteiger partial charge is 0.254 e. The van der Waals surface area contributed by atoms with Crippen LogP contribution in [0.4, 0.5) is 0 Å². The number of nitrogens with zero attached hydrogens (tertiary/aromatic N) is 4. The number of nitrogens with two attached hydrogens (primary N) is 1. The van der Waals surface area contributed by atoms with Gasteiger partial charge in [0.25, 0.3) is 5.91 Å². The molecule has 1 aliphatic heterocycles. The van der Waals surface area contributed by atoms with E-state index in [2.05, 4.69) is 38.9 Å². The van der Waals surface area contributed by atoms with Gasteiger partial charge in [0, 0.05) is 34.4 Å². The quantitative estimate of drug-likeness (QED) is 0.727. The second-order valence-electron chi connectivity index (χ2n) is 7.94. The molecule has 0 saturated carbocycles. The zero-order valence-corrected chi connectivity index (χ0v) is 17.7. The van der Waals surface area contributed by atoms with E-state index in [4.69, 9.17) is 10.7 Å². The standard InChI is InChI=1S/C21H27N5OS/c1-12(2)26-20-18(10-23-26)17(21(27)25-6-5-15(9-22)11-25)8-19(24-20)16-7-13(3)28-14(16)4/h7-8,10,12,15H,5-6,9,11,22H2,1-4H3. The molecule has 0 bridgehead atoms. The number of aryl methyl sites for hydroxylation is 2. The fraction of sp³-hybridized carbons (Fsp3) is 0.476. The Morgan fingerprint density at radius 3 is 2.75 bits per heavy atom. The van der Waals surface area contributed by atoms with E-state index < -0.39 is 0 Å². The molecule has 1 fully saturated rings. The van der Waals surface area contributed by atoms with Crippen molar-refractivity contribution in [1.82, 2.24) is 19.7 Å². The minimum absolute atomic E-state index is 0.0533. The summed E-state index contributed by atoms with van der Waals surface area (Å²) in [6, 6.07) is 4.27. The molecule has 3 aromatic rings. The van der Waals surface area contributed by atoms with Crippen LogP contribution in [0, 0.1) is 19.8 Å². The third kappa shape index (κ3) is 3.22. The minimum atomic E-state index is 0.0533. The van der Waals surface area contributed by atoms with E-state index in [9.17, 15) is 4.79 Å². The summed E-state index contributed by atoms with van der Waals surface area (Å²) < 4.78 is 1.90. The van der Waals surface area contributed by atoms with Crippen molar-refractivity contribution < 1.29 is 4.79 Å². The molecule has 0 aromatic carbocycles. The number of rotatable bonds is 4. The van der Waals surface area contributed by atoms with Crippen LogP contribution in [0.1, 0.15) is 46.4 Å². The van der Waals surface area contributed by atoms with E-state index in [1.807, 2.05) is 15.6 Å². The van der Waals surface area contributed by atoms with Crippen LogP contribution >= 0.6 is 11.3 Å². The molecule has 4 rings (SSSR count). The molecular formula is C21H27N5OS. The van der Waals surface area contributed by atoms with Crippen molar-refractivity contribution in [3.05, 3.63) is 33.6 Å². The molecular weight excluding hydrogens is 370 g/mol. The highest BCUT2D eigenvalue weighted by Crippen LogP contribution is 2.33. The molecule has 1 atom stereocenters. The van der Waals surface area contributed by atoms with E-state index in [0.717, 1.165) is 41.8 Å². The van der Waals surface area contributed by atoms with E-state index in [0.29, 0.717) is 18.0 Å². The highest BCUT2D eigenvalue weighted by atomic mass is 32.1. The lowest BCUT2D eigenvalue weighted by Crippen LogP contribution is -2.30. The Bertz CT molecular complexity index is 1040. The van der Waals surface area contributed by atoms with Gasteiger partial charge in [-0.2, -0.15) is 5.10 Å². The topological polar surface area (TPSA) is 77.0 Å². The fourth-order valence-corrected chi connectivity index (χ4v) is 4.91. The van der Waals surface area contributed by atoms with Crippen molar-refractivity contribution in [3.63, 3.8) is 0 Å². The molecule has 1 unspecified atom stereocenters. The zero-order valence-electron chi connectivity index (χ0n) is 16.9. The average Bonchev–Trinajstić information content (AvgIpc) is 3.37. The zero-order chi connectivity index (χ0) is 20.0. The monoisotopic (exact) mass is 397 g/mol. The summed E-state index contributed by atoms with van der Waals surface area (Å²) >= 11 is 1.75. The largest absolute Gasteiger partial charge is 0.338 e. The van der Waals surface area contributed by atoms with Crippen LogP contribution in [-0.4, -0.2) is 45.2 Å². The molecule has 0 spiro atoms. The van der Waals surface area contributed by atoms with E-state index in [-0.39, 0.29) is 11.9 Å². The number of likely N-dealkylation sites (tertiary alicyclic amines) is 1. The number of aromatic nitrogens is 3. The number of carbonyl (C=O) groups excluding carboxylic acids is 1. The first kappa shape index (κ1) is 19.1. The number of hydrogen-bond acceptors (Lipinski definition) is 5. The highest BCUT2D eigenvalue weighted by molar-refractivity contribution is 7.12. The van der Waals surface area contributed by atoms with Gasteiger partial charge >= 0.3 is 0 Å². The lowest BCUT2D eigenvalue weighted by atomic mass is 10.1. The van der Waals surface area contributed by atoms with Gasteiger partial charge in [-0.25, -0.2) is 9.67 Å². The fourth-order valence-electron chi connectivity index (χ4n) is 3.98. The summed E-state index contributed by atoms with van der Waals surface area (Å²) in [5, 5.41) is 5.35. The van der Waals surface area contributed by atoms with E-state index >= 15 is 0 Å². The molecule has 1 saturated heterocycles. The summed E-state index contributed by atoms with van der Waals surface area (Å²) in [5.41, 5.74) is 9.22. The predicted octanol–water partition coefficient (Wildman–Crippen LogP) is 3.78. The van der Waals surface area contributed by atoms with E-state index in [1.54, 1.807) is 17.5 Å². The number of carbonyl (C=O) groups is 1. The Hall–Kier alpha value is -2.25. The normalized spacial score (nSPS) is 17.2. The average molecular weight is 398 g/mol. The van der Waals surface area contributed by atoms with Crippen molar-refractivity contribution in [2.24, 2.45) is 11.7 Å². The van der Waals surface area contributed by atoms with Crippen molar-refractivity contribution >= 4 is 28.3 Å². The Balaban J connectivity index is 1.87. The number of hydrogen-bond donors (Lipinski definition) is 1. The molecule has 2 N–H and O–H groups in total. The molecule has 6 nitrogen and oxygen atoms in total. The first-order valence-electron chi connectivity index (χ1n) is 9.84. The number of pyridine rings is 1. The number of thiophene rings is 1. The Morgan fingerprint density at radius 2 is 2.14 bits per heavy atom. The SMILES string of the molecule is Cc1cc(-c2cc(C(=O)N3CCC(CN)C3)c3cnn(C(C)C)c3n2)c(C)s1. The molecule has 0 radical (unpaired) electrons. The van der Waals surface area contributed by atoms with Crippen molar-refractivity contribution in [3.8, 4) is 11.3 Å². The third-order valence-corrected chi connectivity index (χ3v) is 6.48. The van der Waals surface area contributed by atoms with Crippen LogP contribution in [-0.2, 0) is 0 Å². The second-order valence-corrected chi connectivity index (χ2v) is 9.40. The van der Waals surface area contributed by atoms with Gasteiger partial charge in [0.05, 0.1) is 22.8 Å². The second kappa shape index (κ2) is 7.29. The summed E-state index contributed by atoms with van der Waals surface area (Å²) in [7, 11) is 0. The lowest BCUT2D eigenvalue weighted by Gasteiger charge is -2.18. The van der Waals surface area contributed by atoms with Crippen LogP contribution in [0.25, 0.3) is 22.3 Å². The molecule has 1 amide bonds. The highest BCUT2D eigenvalue weighted by Gasteiger charge is 2.28. The van der Waals surface area contributed by atoms with Crippen LogP contribution in [0.3, 0.4) is 0 Å². The molecule has 3 aromatic heterocycles. The third-order valence-electron chi connectivity index (χ3n) is 5.51. The van der Waals surface area contributed by atoms with Crippen LogP contribution in [0.2, 0.25) is 0 Å². The van der Waals surface area contributed by atoms with Crippen molar-refractivity contribution in [2.45, 2.75) is 40.2 Å². The molecule has 7 heteroatoms. The van der Waals surface area contributed by atoms with Gasteiger partial charge in [0.1, 0.15) is 0 Å². The van der Waals surface area contributed by atoms with Gasteiger partial charge in [-0.15, -0.1) is 11.3 Å². The maximum Gasteiger partial charge on any atom is 0.254 e. The van der Waals surface area contributed by atoms with Crippen LogP contribution in [0.5, 0.6) is 0 Å². The Morgan fingerprint density at radius 1 is 1.36 bits per heavy atom. The first-order valence-corrected chi connectivity index (χ1v) is 10.7. The summed E-state index contributed by atoms with van der Waals surface area (Å²) in [5.74, 6) is 0.443. The number of fused-ring (bicyclic) bond motifs is 1. The molecule has 4 heterocycles. The maximum atomic E-state index is 13.4. The minimum Gasteiger partial charge on any atom is -0.338 e. The van der Waals surface area contributed by atoms with Gasteiger partial charge in [-0.05, 0) is 58.7 Å². The van der Waals surface area contributed by atoms with Gasteiger partial charge in [0.2, 0.25) is 0 Å². The van der Waals surface area contributed by atoms with E-state index in [1.165, 1.54) is 9.75 Å². The summed E-state index contributed by atoms with van der Waals surface area (Å²) in [6.07, 6.45) is 2.75. The molecule has 148 valence electrons. The van der Waals surface area contributed by atoms with Gasteiger partial charge in [-0.3, -0.25) is 4.79 Å². The lowest BCUT2D eigenvalue weighted by molar-refractivity contribution is 0.0789. The van der Waals surface area contributed by atoms with Crippen LogP contribution < -0.4 is 5.73 Å². The Labute approximate surface area is 169 Å². The van der Waals surface area contributed by atoms with Crippen molar-refractivity contribution in [2.75, 3.05) is 19.6 Å². The van der Waals surface area contributed by atoms with Gasteiger partial charge in [-0.1, -0.05) is 0 Å². The van der Waals surface area contributed by atoms with Gasteiger partial charge < -0.3 is 10.6 Å². The first-order chi connectivity index (χ1) is 13.4. The predicted molar refractivity (Wildman–Crippen MR) is 114 cm³/mol. The molecule has 1 aliphatic rings. The van der Waals surface area contributed by atoms with Gasteiger partial charge in [0.15, 0.2) is 5.65 Å².